The van der Waals surface area contributed by atoms with Gasteiger partial charge in [-0.1, -0.05) is 6.07 Å². The average molecular weight is 213 g/mol. The maximum absolute atomic E-state index is 13.2. The first kappa shape index (κ1) is 11.5. The van der Waals surface area contributed by atoms with Crippen molar-refractivity contribution >= 4 is 5.97 Å². The van der Waals surface area contributed by atoms with Crippen molar-refractivity contribution in [2.24, 2.45) is 5.73 Å². The molecule has 15 heavy (non-hydrogen) atoms. The first-order valence-electron chi connectivity index (χ1n) is 4.35. The number of rotatable bonds is 3. The van der Waals surface area contributed by atoms with Gasteiger partial charge in [0.05, 0.1) is 7.11 Å². The molecule has 0 spiro atoms. The molecule has 5 heteroatoms. The number of hydrogen-bond acceptors (Lipinski definition) is 4. The largest absolute Gasteiger partial charge is 0.507 e. The van der Waals surface area contributed by atoms with E-state index in [1.54, 1.807) is 0 Å². The zero-order chi connectivity index (χ0) is 11.4. The Balaban J connectivity index is 3.10. The Kier molecular flexibility index (Phi) is 3.62. The van der Waals surface area contributed by atoms with Crippen molar-refractivity contribution in [1.82, 2.24) is 0 Å². The van der Waals surface area contributed by atoms with Gasteiger partial charge in [0.2, 0.25) is 0 Å². The fourth-order valence-electron chi connectivity index (χ4n) is 1.16. The van der Waals surface area contributed by atoms with Crippen molar-refractivity contribution in [2.45, 2.75) is 6.17 Å². The number of ether oxygens (including phenoxy) is 1. The summed E-state index contributed by atoms with van der Waals surface area (Å²) in [6, 6.07) is 3.85. The lowest BCUT2D eigenvalue weighted by Gasteiger charge is -2.08. The van der Waals surface area contributed by atoms with Crippen LogP contribution in [0, 0.1) is 0 Å². The average Bonchev–Trinajstić information content (AvgIpc) is 2.27. The minimum absolute atomic E-state index is 0.0638. The Morgan fingerprint density at radius 3 is 2.87 bits per heavy atom. The van der Waals surface area contributed by atoms with E-state index in [1.807, 2.05) is 0 Å². The Morgan fingerprint density at radius 1 is 1.67 bits per heavy atom. The lowest BCUT2D eigenvalue weighted by Crippen LogP contribution is -2.09. The zero-order valence-electron chi connectivity index (χ0n) is 8.24. The van der Waals surface area contributed by atoms with E-state index in [9.17, 15) is 14.3 Å². The van der Waals surface area contributed by atoms with Gasteiger partial charge >= 0.3 is 5.97 Å². The van der Waals surface area contributed by atoms with Gasteiger partial charge < -0.3 is 15.6 Å². The van der Waals surface area contributed by atoms with Crippen LogP contribution >= 0.6 is 0 Å². The van der Waals surface area contributed by atoms with Gasteiger partial charge in [0, 0.05) is 6.54 Å². The lowest BCUT2D eigenvalue weighted by molar-refractivity contribution is 0.0597. The van der Waals surface area contributed by atoms with Gasteiger partial charge in [-0.05, 0) is 17.7 Å². The number of hydrogen-bond donors (Lipinski definition) is 2. The van der Waals surface area contributed by atoms with Gasteiger partial charge in [-0.2, -0.15) is 0 Å². The summed E-state index contributed by atoms with van der Waals surface area (Å²) in [7, 11) is 1.18. The third-order valence-corrected chi connectivity index (χ3v) is 1.99. The number of halogens is 1. The summed E-state index contributed by atoms with van der Waals surface area (Å²) in [4.78, 5) is 11.2. The number of benzene rings is 1. The summed E-state index contributed by atoms with van der Waals surface area (Å²) in [6.07, 6.45) is -1.35. The van der Waals surface area contributed by atoms with E-state index in [0.717, 1.165) is 0 Å². The van der Waals surface area contributed by atoms with Gasteiger partial charge in [0.25, 0.3) is 0 Å². The van der Waals surface area contributed by atoms with Crippen molar-refractivity contribution in [3.63, 3.8) is 0 Å². The molecule has 0 aromatic heterocycles. The number of esters is 1. The zero-order valence-corrected chi connectivity index (χ0v) is 8.24. The predicted molar refractivity (Wildman–Crippen MR) is 52.3 cm³/mol. The molecule has 0 saturated carbocycles. The van der Waals surface area contributed by atoms with Crippen molar-refractivity contribution in [3.05, 3.63) is 29.3 Å². The smallest absolute Gasteiger partial charge is 0.341 e. The van der Waals surface area contributed by atoms with Crippen LogP contribution in [-0.4, -0.2) is 24.7 Å². The highest BCUT2D eigenvalue weighted by Gasteiger charge is 2.15. The molecule has 4 nitrogen and oxygen atoms in total. The SMILES string of the molecule is COC(=O)c1cc(C(F)CN)ccc1O. The molecule has 0 amide bonds. The molecule has 0 aliphatic rings. The third-order valence-electron chi connectivity index (χ3n) is 1.99. The number of carbonyl (C=O) groups excluding carboxylic acids is 1. The highest BCUT2D eigenvalue weighted by Crippen LogP contribution is 2.24. The van der Waals surface area contributed by atoms with Crippen LogP contribution in [0.5, 0.6) is 5.75 Å². The molecule has 1 aromatic carbocycles. The quantitative estimate of drug-likeness (QED) is 0.739. The monoisotopic (exact) mass is 213 g/mol. The highest BCUT2D eigenvalue weighted by atomic mass is 19.1. The summed E-state index contributed by atoms with van der Waals surface area (Å²) in [6.45, 7) is -0.175. The Hall–Kier alpha value is -1.62. The molecular weight excluding hydrogens is 201 g/mol. The predicted octanol–water partition coefficient (Wildman–Crippen LogP) is 1.15. The van der Waals surface area contributed by atoms with Crippen LogP contribution in [0.15, 0.2) is 18.2 Å². The number of nitrogens with two attached hydrogens (primary N) is 1. The number of carbonyl (C=O) groups is 1. The molecule has 1 unspecified atom stereocenters. The maximum atomic E-state index is 13.2. The molecule has 3 N–H and O–H groups in total. The second kappa shape index (κ2) is 4.75. The molecule has 0 radical (unpaired) electrons. The molecule has 0 bridgehead atoms. The van der Waals surface area contributed by atoms with E-state index in [1.165, 1.54) is 25.3 Å². The number of aromatic hydroxyl groups is 1. The molecule has 82 valence electrons. The molecule has 0 saturated heterocycles. The van der Waals surface area contributed by atoms with E-state index in [4.69, 9.17) is 5.73 Å². The van der Waals surface area contributed by atoms with Gasteiger partial charge in [0.1, 0.15) is 17.5 Å². The molecule has 0 fully saturated rings. The highest BCUT2D eigenvalue weighted by molar-refractivity contribution is 5.92. The lowest BCUT2D eigenvalue weighted by atomic mass is 10.1. The van der Waals surface area contributed by atoms with Crippen LogP contribution in [0.25, 0.3) is 0 Å². The number of phenols is 1. The number of methoxy groups -OCH3 is 1. The van der Waals surface area contributed by atoms with E-state index in [0.29, 0.717) is 0 Å². The number of alkyl halides is 1. The van der Waals surface area contributed by atoms with Crippen molar-refractivity contribution in [2.75, 3.05) is 13.7 Å². The Labute approximate surface area is 86.5 Å². The van der Waals surface area contributed by atoms with Gasteiger partial charge in [-0.3, -0.25) is 0 Å². The summed E-state index contributed by atoms with van der Waals surface area (Å²) in [5, 5.41) is 9.34. The Morgan fingerprint density at radius 2 is 2.33 bits per heavy atom. The fourth-order valence-corrected chi connectivity index (χ4v) is 1.16. The molecule has 1 aromatic rings. The van der Waals surface area contributed by atoms with Crippen LogP contribution in [0.4, 0.5) is 4.39 Å². The van der Waals surface area contributed by atoms with E-state index >= 15 is 0 Å². The summed E-state index contributed by atoms with van der Waals surface area (Å²) in [5.41, 5.74) is 5.33. The number of phenolic OH excluding ortho intramolecular Hbond substituents is 1. The second-order valence-corrected chi connectivity index (χ2v) is 2.97. The molecule has 0 heterocycles. The van der Waals surface area contributed by atoms with Crippen LogP contribution in [0.2, 0.25) is 0 Å². The van der Waals surface area contributed by atoms with E-state index in [-0.39, 0.29) is 23.4 Å². The van der Waals surface area contributed by atoms with Gasteiger partial charge in [0.15, 0.2) is 0 Å². The van der Waals surface area contributed by atoms with Crippen LogP contribution in [-0.2, 0) is 4.74 Å². The van der Waals surface area contributed by atoms with Crippen LogP contribution < -0.4 is 5.73 Å². The minimum atomic E-state index is -1.35. The standard InChI is InChI=1S/C10H12FNO3/c1-15-10(14)7-4-6(8(11)5-12)2-3-9(7)13/h2-4,8,13H,5,12H2,1H3. The minimum Gasteiger partial charge on any atom is -0.507 e. The third kappa shape index (κ3) is 2.44. The van der Waals surface area contributed by atoms with Gasteiger partial charge in [-0.15, -0.1) is 0 Å². The topological polar surface area (TPSA) is 72.5 Å². The van der Waals surface area contributed by atoms with Crippen molar-refractivity contribution < 1.29 is 19.0 Å². The summed E-state index contributed by atoms with van der Waals surface area (Å²) in [5.74, 6) is -0.951. The van der Waals surface area contributed by atoms with Crippen molar-refractivity contribution in [1.29, 1.82) is 0 Å². The molecule has 1 rings (SSSR count). The van der Waals surface area contributed by atoms with Gasteiger partial charge in [-0.25, -0.2) is 9.18 Å². The molecule has 0 aliphatic heterocycles. The normalized spacial score (nSPS) is 12.2. The van der Waals surface area contributed by atoms with E-state index in [2.05, 4.69) is 4.74 Å². The first-order valence-corrected chi connectivity index (χ1v) is 4.35. The maximum Gasteiger partial charge on any atom is 0.341 e. The van der Waals surface area contributed by atoms with Crippen LogP contribution in [0.1, 0.15) is 22.1 Å². The fraction of sp³-hybridized carbons (Fsp3) is 0.300. The van der Waals surface area contributed by atoms with Crippen molar-refractivity contribution in [3.8, 4) is 5.75 Å². The van der Waals surface area contributed by atoms with Crippen LogP contribution in [0.3, 0.4) is 0 Å². The molecular formula is C10H12FNO3. The summed E-state index contributed by atoms with van der Waals surface area (Å²) >= 11 is 0. The Bertz CT molecular complexity index is 368. The molecule has 0 aliphatic carbocycles. The second-order valence-electron chi connectivity index (χ2n) is 2.97. The van der Waals surface area contributed by atoms with E-state index < -0.39 is 12.1 Å². The first-order chi connectivity index (χ1) is 7.10. The molecule has 1 atom stereocenters. The summed E-state index contributed by atoms with van der Waals surface area (Å²) < 4.78 is 17.6.